The zero-order valence-corrected chi connectivity index (χ0v) is 12.7. The van der Waals surface area contributed by atoms with Crippen molar-refractivity contribution in [2.45, 2.75) is 19.8 Å². The summed E-state index contributed by atoms with van der Waals surface area (Å²) in [6.07, 6.45) is 1.39. The molecule has 2 rings (SSSR count). The van der Waals surface area contributed by atoms with E-state index in [1.54, 1.807) is 0 Å². The van der Waals surface area contributed by atoms with Crippen molar-refractivity contribution in [3.63, 3.8) is 0 Å². The number of amides is 1. The Morgan fingerprint density at radius 2 is 1.90 bits per heavy atom. The molecular formula is C15H23ClN2O2. The number of hydrogen-bond donors (Lipinski definition) is 1. The Balaban J connectivity index is 0.00000200. The zero-order chi connectivity index (χ0) is 13.5. The van der Waals surface area contributed by atoms with Crippen LogP contribution in [0.4, 0.5) is 0 Å². The number of carbonyl (C=O) groups excluding carboxylic acids is 1. The molecule has 0 radical (unpaired) electrons. The normalized spacial score (nSPS) is 14.6. The monoisotopic (exact) mass is 298 g/mol. The van der Waals surface area contributed by atoms with Gasteiger partial charge in [-0.1, -0.05) is 12.1 Å². The minimum atomic E-state index is 0. The van der Waals surface area contributed by atoms with Crippen LogP contribution in [0.1, 0.15) is 18.9 Å². The van der Waals surface area contributed by atoms with E-state index in [1.165, 1.54) is 5.56 Å². The van der Waals surface area contributed by atoms with Gasteiger partial charge in [0, 0.05) is 32.6 Å². The van der Waals surface area contributed by atoms with Crippen LogP contribution in [0, 0.1) is 0 Å². The molecule has 1 aromatic carbocycles. The van der Waals surface area contributed by atoms with E-state index >= 15 is 0 Å². The first kappa shape index (κ1) is 16.8. The molecule has 4 nitrogen and oxygen atoms in total. The maximum Gasteiger partial charge on any atom is 0.222 e. The SMILES string of the molecule is CCOc1ccc(CCC(=O)N2CCNCC2)cc1.Cl. The number of nitrogens with one attached hydrogen (secondary N) is 1. The Hall–Kier alpha value is -1.26. The highest BCUT2D eigenvalue weighted by molar-refractivity contribution is 5.85. The molecule has 0 aromatic heterocycles. The lowest BCUT2D eigenvalue weighted by molar-refractivity contribution is -0.131. The number of aryl methyl sites for hydroxylation is 1. The van der Waals surface area contributed by atoms with E-state index < -0.39 is 0 Å². The van der Waals surface area contributed by atoms with Crippen molar-refractivity contribution in [3.8, 4) is 5.75 Å². The fraction of sp³-hybridized carbons (Fsp3) is 0.533. The van der Waals surface area contributed by atoms with E-state index in [0.29, 0.717) is 13.0 Å². The van der Waals surface area contributed by atoms with Crippen molar-refractivity contribution in [3.05, 3.63) is 29.8 Å². The third kappa shape index (κ3) is 5.02. The summed E-state index contributed by atoms with van der Waals surface area (Å²) in [5.74, 6) is 1.15. The minimum Gasteiger partial charge on any atom is -0.494 e. The highest BCUT2D eigenvalue weighted by atomic mass is 35.5. The molecule has 20 heavy (non-hydrogen) atoms. The van der Waals surface area contributed by atoms with Gasteiger partial charge in [0.05, 0.1) is 6.61 Å². The van der Waals surface area contributed by atoms with Gasteiger partial charge in [0.25, 0.3) is 0 Å². The largest absolute Gasteiger partial charge is 0.494 e. The molecule has 0 atom stereocenters. The van der Waals surface area contributed by atoms with Gasteiger partial charge < -0.3 is 15.0 Å². The van der Waals surface area contributed by atoms with E-state index in [9.17, 15) is 4.79 Å². The number of ether oxygens (including phenoxy) is 1. The van der Waals surface area contributed by atoms with Crippen LogP contribution in [0.15, 0.2) is 24.3 Å². The van der Waals surface area contributed by atoms with E-state index in [4.69, 9.17) is 4.74 Å². The van der Waals surface area contributed by atoms with Crippen LogP contribution in [0.2, 0.25) is 0 Å². The second-order valence-electron chi connectivity index (χ2n) is 4.71. The van der Waals surface area contributed by atoms with Gasteiger partial charge >= 0.3 is 0 Å². The second-order valence-corrected chi connectivity index (χ2v) is 4.71. The summed E-state index contributed by atoms with van der Waals surface area (Å²) in [7, 11) is 0. The molecule has 112 valence electrons. The first-order chi connectivity index (χ1) is 9.29. The van der Waals surface area contributed by atoms with Crippen molar-refractivity contribution in [2.75, 3.05) is 32.8 Å². The molecule has 1 heterocycles. The minimum absolute atomic E-state index is 0. The molecule has 1 aliphatic rings. The first-order valence-corrected chi connectivity index (χ1v) is 7.00. The molecule has 0 spiro atoms. The fourth-order valence-electron chi connectivity index (χ4n) is 2.24. The number of rotatable bonds is 5. The number of piperazine rings is 1. The Bertz CT molecular complexity index is 403. The third-order valence-corrected chi connectivity index (χ3v) is 3.33. The van der Waals surface area contributed by atoms with Gasteiger partial charge in [-0.2, -0.15) is 0 Å². The zero-order valence-electron chi connectivity index (χ0n) is 11.9. The third-order valence-electron chi connectivity index (χ3n) is 3.33. The van der Waals surface area contributed by atoms with Crippen LogP contribution in [-0.2, 0) is 11.2 Å². The Kier molecular flexibility index (Phi) is 7.41. The molecule has 1 fully saturated rings. The van der Waals surface area contributed by atoms with Gasteiger partial charge in [-0.25, -0.2) is 0 Å². The van der Waals surface area contributed by atoms with Crippen molar-refractivity contribution in [2.24, 2.45) is 0 Å². The maximum absolute atomic E-state index is 12.0. The van der Waals surface area contributed by atoms with Gasteiger partial charge in [-0.3, -0.25) is 4.79 Å². The topological polar surface area (TPSA) is 41.6 Å². The molecule has 1 aliphatic heterocycles. The average Bonchev–Trinajstić information content (AvgIpc) is 2.47. The number of halogens is 1. The van der Waals surface area contributed by atoms with Crippen LogP contribution < -0.4 is 10.1 Å². The summed E-state index contributed by atoms with van der Waals surface area (Å²) in [5.41, 5.74) is 1.19. The molecule has 1 amide bonds. The Labute approximate surface area is 126 Å². The number of nitrogens with zero attached hydrogens (tertiary/aromatic N) is 1. The Morgan fingerprint density at radius 3 is 2.50 bits per heavy atom. The van der Waals surface area contributed by atoms with Crippen molar-refractivity contribution < 1.29 is 9.53 Å². The van der Waals surface area contributed by atoms with Gasteiger partial charge in [0.1, 0.15) is 5.75 Å². The maximum atomic E-state index is 12.0. The first-order valence-electron chi connectivity index (χ1n) is 7.00. The smallest absolute Gasteiger partial charge is 0.222 e. The lowest BCUT2D eigenvalue weighted by Gasteiger charge is -2.27. The molecule has 0 saturated carbocycles. The van der Waals surface area contributed by atoms with Crippen LogP contribution in [0.5, 0.6) is 5.75 Å². The molecule has 0 unspecified atom stereocenters. The molecule has 0 bridgehead atoms. The average molecular weight is 299 g/mol. The molecule has 1 N–H and O–H groups in total. The highest BCUT2D eigenvalue weighted by Crippen LogP contribution is 2.13. The van der Waals surface area contributed by atoms with E-state index in [1.807, 2.05) is 36.1 Å². The van der Waals surface area contributed by atoms with Crippen molar-refractivity contribution in [1.29, 1.82) is 0 Å². The molecule has 1 saturated heterocycles. The fourth-order valence-corrected chi connectivity index (χ4v) is 2.24. The number of carbonyl (C=O) groups is 1. The summed E-state index contributed by atoms with van der Waals surface area (Å²) in [6.45, 7) is 6.15. The lowest BCUT2D eigenvalue weighted by Crippen LogP contribution is -2.46. The lowest BCUT2D eigenvalue weighted by atomic mass is 10.1. The van der Waals surface area contributed by atoms with E-state index in [2.05, 4.69) is 5.32 Å². The van der Waals surface area contributed by atoms with Gasteiger partial charge in [-0.05, 0) is 31.0 Å². The summed E-state index contributed by atoms with van der Waals surface area (Å²) in [5, 5.41) is 3.25. The quantitative estimate of drug-likeness (QED) is 0.902. The van der Waals surface area contributed by atoms with E-state index in [-0.39, 0.29) is 18.3 Å². The molecular weight excluding hydrogens is 276 g/mol. The standard InChI is InChI=1S/C15H22N2O2.ClH/c1-2-19-14-6-3-13(4-7-14)5-8-15(18)17-11-9-16-10-12-17;/h3-4,6-7,16H,2,5,8-12H2,1H3;1H. The molecule has 1 aromatic rings. The number of benzene rings is 1. The predicted octanol–water partition coefficient (Wildman–Crippen LogP) is 1.87. The highest BCUT2D eigenvalue weighted by Gasteiger charge is 2.15. The van der Waals surface area contributed by atoms with Crippen molar-refractivity contribution >= 4 is 18.3 Å². The number of hydrogen-bond acceptors (Lipinski definition) is 3. The second kappa shape index (κ2) is 8.82. The van der Waals surface area contributed by atoms with Gasteiger partial charge in [0.15, 0.2) is 0 Å². The van der Waals surface area contributed by atoms with Crippen LogP contribution >= 0.6 is 12.4 Å². The van der Waals surface area contributed by atoms with Gasteiger partial charge in [-0.15, -0.1) is 12.4 Å². The summed E-state index contributed by atoms with van der Waals surface area (Å²) in [4.78, 5) is 14.0. The van der Waals surface area contributed by atoms with Crippen LogP contribution in [0.3, 0.4) is 0 Å². The Morgan fingerprint density at radius 1 is 1.25 bits per heavy atom. The molecule has 0 aliphatic carbocycles. The molecule has 5 heteroatoms. The van der Waals surface area contributed by atoms with Gasteiger partial charge in [0.2, 0.25) is 5.91 Å². The van der Waals surface area contributed by atoms with Crippen molar-refractivity contribution in [1.82, 2.24) is 10.2 Å². The van der Waals surface area contributed by atoms with E-state index in [0.717, 1.165) is 38.3 Å². The van der Waals surface area contributed by atoms with Crippen LogP contribution in [-0.4, -0.2) is 43.6 Å². The summed E-state index contributed by atoms with van der Waals surface area (Å²) >= 11 is 0. The predicted molar refractivity (Wildman–Crippen MR) is 82.6 cm³/mol. The summed E-state index contributed by atoms with van der Waals surface area (Å²) < 4.78 is 5.40. The van der Waals surface area contributed by atoms with Crippen LogP contribution in [0.25, 0.3) is 0 Å². The summed E-state index contributed by atoms with van der Waals surface area (Å²) in [6, 6.07) is 8.01.